The Morgan fingerprint density at radius 2 is 2.05 bits per heavy atom. The van der Waals surface area contributed by atoms with Crippen LogP contribution in [0.3, 0.4) is 0 Å². The van der Waals surface area contributed by atoms with E-state index in [2.05, 4.69) is 4.98 Å². The number of nitrogens with zero attached hydrogens (tertiary/aromatic N) is 2. The number of aromatic nitrogens is 2. The molecule has 2 aromatic heterocycles. The molecule has 0 fully saturated rings. The molecule has 3 aromatic rings. The zero-order chi connectivity index (χ0) is 14.1. The molecule has 1 aromatic carbocycles. The van der Waals surface area contributed by atoms with E-state index in [1.165, 1.54) is 11.3 Å². The molecule has 0 aliphatic carbocycles. The average Bonchev–Trinajstić information content (AvgIpc) is 3.04. The molecule has 0 amide bonds. The van der Waals surface area contributed by atoms with Gasteiger partial charge in [-0.15, -0.1) is 11.3 Å². The summed E-state index contributed by atoms with van der Waals surface area (Å²) >= 11 is 1.18. The summed E-state index contributed by atoms with van der Waals surface area (Å²) in [5.74, 6) is -0.246. The smallest absolute Gasteiger partial charge is 0.345 e. The number of aromatic carboxylic acids is 1. The summed E-state index contributed by atoms with van der Waals surface area (Å²) in [4.78, 5) is 16.6. The summed E-state index contributed by atoms with van der Waals surface area (Å²) in [6.07, 6.45) is 0. The van der Waals surface area contributed by atoms with Crippen LogP contribution in [0.2, 0.25) is 0 Å². The highest BCUT2D eigenvalue weighted by Gasteiger charge is 2.15. The summed E-state index contributed by atoms with van der Waals surface area (Å²) in [7, 11) is 0. The number of imidazole rings is 1. The van der Waals surface area contributed by atoms with Crippen LogP contribution in [0.25, 0.3) is 21.7 Å². The first-order valence-corrected chi connectivity index (χ1v) is 6.92. The molecule has 0 saturated heterocycles. The maximum Gasteiger partial charge on any atom is 0.345 e. The number of fused-ring (bicyclic) bond motifs is 1. The van der Waals surface area contributed by atoms with Gasteiger partial charge in [0.1, 0.15) is 4.88 Å². The standard InChI is InChI=1S/C14H12N2O3S/c17-8-7-16-10-4-2-1-3-9(10)15-13(16)11-5-6-12(20-11)14(18)19/h1-6,17H,7-8H2,(H,18,19). The number of thiophene rings is 1. The molecule has 5 nitrogen and oxygen atoms in total. The Kier molecular flexibility index (Phi) is 3.25. The fourth-order valence-electron chi connectivity index (χ4n) is 2.16. The minimum absolute atomic E-state index is 0.00448. The van der Waals surface area contributed by atoms with E-state index in [1.807, 2.05) is 28.8 Å². The van der Waals surface area contributed by atoms with Crippen molar-refractivity contribution in [1.29, 1.82) is 0 Å². The maximum atomic E-state index is 11.0. The van der Waals surface area contributed by atoms with Crippen LogP contribution in [0.4, 0.5) is 0 Å². The van der Waals surface area contributed by atoms with Gasteiger partial charge in [-0.1, -0.05) is 12.1 Å². The Morgan fingerprint density at radius 3 is 2.75 bits per heavy atom. The Bertz CT molecular complexity index is 776. The lowest BCUT2D eigenvalue weighted by atomic mass is 10.3. The predicted octanol–water partition coefficient (Wildman–Crippen LogP) is 2.46. The molecule has 0 bridgehead atoms. The number of aliphatic hydroxyl groups is 1. The lowest BCUT2D eigenvalue weighted by Gasteiger charge is -2.05. The molecule has 2 N–H and O–H groups in total. The monoisotopic (exact) mass is 288 g/mol. The first kappa shape index (κ1) is 12.8. The number of carboxylic acid groups (broad SMARTS) is 1. The van der Waals surface area contributed by atoms with Crippen LogP contribution in [-0.4, -0.2) is 32.3 Å². The molecule has 20 heavy (non-hydrogen) atoms. The minimum Gasteiger partial charge on any atom is -0.477 e. The van der Waals surface area contributed by atoms with E-state index in [9.17, 15) is 9.90 Å². The maximum absolute atomic E-state index is 11.0. The molecule has 0 atom stereocenters. The molecule has 3 rings (SSSR count). The normalized spacial score (nSPS) is 11.1. The van der Waals surface area contributed by atoms with Crippen molar-refractivity contribution in [3.05, 3.63) is 41.3 Å². The van der Waals surface area contributed by atoms with E-state index in [1.54, 1.807) is 12.1 Å². The summed E-state index contributed by atoms with van der Waals surface area (Å²) in [6, 6.07) is 11.0. The summed E-state index contributed by atoms with van der Waals surface area (Å²) in [5, 5.41) is 18.2. The average molecular weight is 288 g/mol. The lowest BCUT2D eigenvalue weighted by molar-refractivity contribution is 0.0702. The summed E-state index contributed by atoms with van der Waals surface area (Å²) in [5.41, 5.74) is 1.77. The SMILES string of the molecule is O=C(O)c1ccc(-c2nc3ccccc3n2CCO)s1. The van der Waals surface area contributed by atoms with Gasteiger partial charge >= 0.3 is 5.97 Å². The number of rotatable bonds is 4. The largest absolute Gasteiger partial charge is 0.477 e. The topological polar surface area (TPSA) is 75.3 Å². The number of carboxylic acids is 1. The van der Waals surface area contributed by atoms with Gasteiger partial charge in [0.05, 0.1) is 22.5 Å². The summed E-state index contributed by atoms with van der Waals surface area (Å²) < 4.78 is 1.91. The predicted molar refractivity (Wildman–Crippen MR) is 77.1 cm³/mol. The van der Waals surface area contributed by atoms with Gasteiger partial charge in [-0.2, -0.15) is 0 Å². The third-order valence-corrected chi connectivity index (χ3v) is 4.08. The minimum atomic E-state index is -0.939. The second-order valence-electron chi connectivity index (χ2n) is 4.27. The van der Waals surface area contributed by atoms with Crippen molar-refractivity contribution in [3.63, 3.8) is 0 Å². The zero-order valence-electron chi connectivity index (χ0n) is 10.5. The molecule has 0 spiro atoms. The van der Waals surface area contributed by atoms with Gasteiger partial charge in [0.25, 0.3) is 0 Å². The van der Waals surface area contributed by atoms with E-state index in [-0.39, 0.29) is 11.5 Å². The molecule has 0 aliphatic heterocycles. The van der Waals surface area contributed by atoms with Crippen LogP contribution in [-0.2, 0) is 6.54 Å². The summed E-state index contributed by atoms with van der Waals surface area (Å²) in [6.45, 7) is 0.431. The van der Waals surface area contributed by atoms with Crippen molar-refractivity contribution >= 4 is 28.3 Å². The van der Waals surface area contributed by atoms with Crippen LogP contribution < -0.4 is 0 Å². The Labute approximate surface area is 118 Å². The van der Waals surface area contributed by atoms with Gasteiger partial charge < -0.3 is 14.8 Å². The Morgan fingerprint density at radius 1 is 1.25 bits per heavy atom. The Balaban J connectivity index is 2.18. The van der Waals surface area contributed by atoms with Gasteiger partial charge in [-0.05, 0) is 24.3 Å². The Hall–Kier alpha value is -2.18. The van der Waals surface area contributed by atoms with Crippen molar-refractivity contribution in [2.24, 2.45) is 0 Å². The van der Waals surface area contributed by atoms with Gasteiger partial charge in [-0.25, -0.2) is 9.78 Å². The number of para-hydroxylation sites is 2. The third-order valence-electron chi connectivity index (χ3n) is 3.02. The van der Waals surface area contributed by atoms with Gasteiger partial charge in [0, 0.05) is 6.54 Å². The molecule has 0 saturated carbocycles. The second kappa shape index (κ2) is 5.07. The number of hydrogen-bond acceptors (Lipinski definition) is 4. The molecule has 0 radical (unpaired) electrons. The number of carbonyl (C=O) groups is 1. The first-order valence-electron chi connectivity index (χ1n) is 6.10. The van der Waals surface area contributed by atoms with Crippen molar-refractivity contribution in [2.45, 2.75) is 6.54 Å². The fraction of sp³-hybridized carbons (Fsp3) is 0.143. The molecule has 0 aliphatic rings. The van der Waals surface area contributed by atoms with Crippen LogP contribution in [0.1, 0.15) is 9.67 Å². The number of benzene rings is 1. The quantitative estimate of drug-likeness (QED) is 0.773. The molecule has 2 heterocycles. The van der Waals surface area contributed by atoms with Crippen molar-refractivity contribution in [1.82, 2.24) is 9.55 Å². The van der Waals surface area contributed by atoms with E-state index in [0.29, 0.717) is 12.4 Å². The molecule has 102 valence electrons. The number of hydrogen-bond donors (Lipinski definition) is 2. The number of aliphatic hydroxyl groups excluding tert-OH is 1. The van der Waals surface area contributed by atoms with Crippen LogP contribution in [0.15, 0.2) is 36.4 Å². The van der Waals surface area contributed by atoms with E-state index in [4.69, 9.17) is 5.11 Å². The molecular formula is C14H12N2O3S. The molecular weight excluding hydrogens is 276 g/mol. The highest BCUT2D eigenvalue weighted by atomic mass is 32.1. The second-order valence-corrected chi connectivity index (χ2v) is 5.35. The molecule has 6 heteroatoms. The van der Waals surface area contributed by atoms with Crippen molar-refractivity contribution in [3.8, 4) is 10.7 Å². The van der Waals surface area contributed by atoms with Crippen molar-refractivity contribution < 1.29 is 15.0 Å². The van der Waals surface area contributed by atoms with Gasteiger partial charge in [0.15, 0.2) is 5.82 Å². The zero-order valence-corrected chi connectivity index (χ0v) is 11.3. The first-order chi connectivity index (χ1) is 9.70. The van der Waals surface area contributed by atoms with Gasteiger partial charge in [-0.3, -0.25) is 0 Å². The van der Waals surface area contributed by atoms with Crippen LogP contribution in [0, 0.1) is 0 Å². The highest BCUT2D eigenvalue weighted by Crippen LogP contribution is 2.30. The third kappa shape index (κ3) is 2.09. The fourth-order valence-corrected chi connectivity index (χ4v) is 3.01. The van der Waals surface area contributed by atoms with E-state index >= 15 is 0 Å². The van der Waals surface area contributed by atoms with Gasteiger partial charge in [0.2, 0.25) is 0 Å². The van der Waals surface area contributed by atoms with Crippen LogP contribution >= 0.6 is 11.3 Å². The lowest BCUT2D eigenvalue weighted by Crippen LogP contribution is -2.03. The van der Waals surface area contributed by atoms with Crippen molar-refractivity contribution in [2.75, 3.05) is 6.61 Å². The van der Waals surface area contributed by atoms with Crippen LogP contribution in [0.5, 0.6) is 0 Å². The van der Waals surface area contributed by atoms with E-state index < -0.39 is 5.97 Å². The highest BCUT2D eigenvalue weighted by molar-refractivity contribution is 7.17. The van der Waals surface area contributed by atoms with E-state index in [0.717, 1.165) is 15.9 Å². The molecule has 0 unspecified atom stereocenters.